The van der Waals surface area contributed by atoms with Crippen LogP contribution in [-0.2, 0) is 0 Å². The summed E-state index contributed by atoms with van der Waals surface area (Å²) in [5.74, 6) is -0.185. The van der Waals surface area contributed by atoms with Crippen molar-refractivity contribution in [3.63, 3.8) is 0 Å². The third-order valence-corrected chi connectivity index (χ3v) is 3.09. The number of phenolic OH excluding ortho intramolecular Hbond substituents is 5. The Bertz CT molecular complexity index is 809. The summed E-state index contributed by atoms with van der Waals surface area (Å²) in [6.45, 7) is 0. The standard InChI is InChI=1S/C18H14O7/c19-10-1-11(20)4-15(3-10)24-17-7-14(23)8-18(9-17)25-16-5-12(21)2-13(22)6-16/h1-9,19-23H. The Morgan fingerprint density at radius 3 is 0.920 bits per heavy atom. The second-order valence-corrected chi connectivity index (χ2v) is 5.24. The van der Waals surface area contributed by atoms with Crippen LogP contribution in [0.5, 0.6) is 51.7 Å². The molecule has 0 aromatic heterocycles. The lowest BCUT2D eigenvalue weighted by Crippen LogP contribution is -1.88. The molecule has 0 aliphatic heterocycles. The Hall–Kier alpha value is -3.74. The summed E-state index contributed by atoms with van der Waals surface area (Å²) in [6.07, 6.45) is 0. The van der Waals surface area contributed by atoms with E-state index in [9.17, 15) is 25.5 Å². The number of benzene rings is 3. The predicted molar refractivity (Wildman–Crippen MR) is 87.8 cm³/mol. The van der Waals surface area contributed by atoms with Crippen LogP contribution < -0.4 is 9.47 Å². The van der Waals surface area contributed by atoms with Crippen LogP contribution in [0.1, 0.15) is 0 Å². The molecule has 3 aromatic carbocycles. The highest BCUT2D eigenvalue weighted by atomic mass is 16.5. The van der Waals surface area contributed by atoms with Gasteiger partial charge in [-0.05, 0) is 0 Å². The summed E-state index contributed by atoms with van der Waals surface area (Å²) in [5, 5.41) is 47.7. The molecule has 3 aromatic rings. The lowest BCUT2D eigenvalue weighted by molar-refractivity contribution is 0.418. The lowest BCUT2D eigenvalue weighted by atomic mass is 10.2. The molecule has 0 atom stereocenters. The monoisotopic (exact) mass is 342 g/mol. The largest absolute Gasteiger partial charge is 0.508 e. The van der Waals surface area contributed by atoms with Crippen molar-refractivity contribution in [3.8, 4) is 51.7 Å². The molecule has 0 amide bonds. The highest BCUT2D eigenvalue weighted by molar-refractivity contribution is 5.48. The molecular weight excluding hydrogens is 328 g/mol. The third kappa shape index (κ3) is 4.17. The van der Waals surface area contributed by atoms with Crippen molar-refractivity contribution in [1.29, 1.82) is 0 Å². The molecule has 128 valence electrons. The van der Waals surface area contributed by atoms with Gasteiger partial charge in [0.15, 0.2) is 0 Å². The summed E-state index contributed by atoms with van der Waals surface area (Å²) in [4.78, 5) is 0. The first-order valence-corrected chi connectivity index (χ1v) is 7.13. The molecule has 7 nitrogen and oxygen atoms in total. The average Bonchev–Trinajstić information content (AvgIpc) is 2.43. The molecule has 0 saturated heterocycles. The van der Waals surface area contributed by atoms with Gasteiger partial charge in [-0.3, -0.25) is 0 Å². The molecule has 0 heterocycles. The molecule has 5 N–H and O–H groups in total. The Balaban J connectivity index is 1.87. The number of rotatable bonds is 4. The van der Waals surface area contributed by atoms with E-state index in [1.54, 1.807) is 0 Å². The first-order valence-electron chi connectivity index (χ1n) is 7.13. The van der Waals surface area contributed by atoms with Crippen molar-refractivity contribution in [3.05, 3.63) is 54.6 Å². The first-order chi connectivity index (χ1) is 11.9. The maximum Gasteiger partial charge on any atom is 0.134 e. The van der Waals surface area contributed by atoms with E-state index in [0.29, 0.717) is 0 Å². The minimum atomic E-state index is -0.179. The summed E-state index contributed by atoms with van der Waals surface area (Å²) in [5.41, 5.74) is 0. The maximum atomic E-state index is 9.81. The van der Waals surface area contributed by atoms with Crippen LogP contribution >= 0.6 is 0 Å². The summed E-state index contributed by atoms with van der Waals surface area (Å²) >= 11 is 0. The van der Waals surface area contributed by atoms with Crippen LogP contribution in [0.2, 0.25) is 0 Å². The van der Waals surface area contributed by atoms with Crippen molar-refractivity contribution in [1.82, 2.24) is 0 Å². The molecule has 25 heavy (non-hydrogen) atoms. The molecule has 0 aliphatic carbocycles. The van der Waals surface area contributed by atoms with E-state index >= 15 is 0 Å². The van der Waals surface area contributed by atoms with Crippen LogP contribution in [0.4, 0.5) is 0 Å². The molecule has 0 radical (unpaired) electrons. The van der Waals surface area contributed by atoms with Crippen molar-refractivity contribution < 1.29 is 35.0 Å². The topological polar surface area (TPSA) is 120 Å². The van der Waals surface area contributed by atoms with E-state index in [1.165, 1.54) is 42.5 Å². The number of ether oxygens (including phenoxy) is 2. The molecule has 0 fully saturated rings. The van der Waals surface area contributed by atoms with Gasteiger partial charge >= 0.3 is 0 Å². The van der Waals surface area contributed by atoms with Crippen LogP contribution in [0.25, 0.3) is 0 Å². The van der Waals surface area contributed by atoms with Crippen molar-refractivity contribution in [2.24, 2.45) is 0 Å². The van der Waals surface area contributed by atoms with Gasteiger partial charge in [0, 0.05) is 54.6 Å². The predicted octanol–water partition coefficient (Wildman–Crippen LogP) is 3.80. The molecule has 3 rings (SSSR count). The fourth-order valence-corrected chi connectivity index (χ4v) is 2.20. The van der Waals surface area contributed by atoms with E-state index in [0.717, 1.165) is 12.1 Å². The fraction of sp³-hybridized carbons (Fsp3) is 0. The number of hydrogen-bond acceptors (Lipinski definition) is 7. The van der Waals surface area contributed by atoms with Crippen LogP contribution in [0.3, 0.4) is 0 Å². The smallest absolute Gasteiger partial charge is 0.134 e. The van der Waals surface area contributed by atoms with Gasteiger partial charge in [0.2, 0.25) is 0 Å². The zero-order chi connectivity index (χ0) is 18.0. The van der Waals surface area contributed by atoms with Crippen LogP contribution in [0, 0.1) is 0 Å². The number of hydrogen-bond donors (Lipinski definition) is 5. The zero-order valence-electron chi connectivity index (χ0n) is 12.7. The summed E-state index contributed by atoms with van der Waals surface area (Å²) < 4.78 is 11.0. The van der Waals surface area contributed by atoms with Crippen LogP contribution in [-0.4, -0.2) is 25.5 Å². The van der Waals surface area contributed by atoms with Gasteiger partial charge in [0.1, 0.15) is 51.7 Å². The van der Waals surface area contributed by atoms with Crippen molar-refractivity contribution in [2.75, 3.05) is 0 Å². The Morgan fingerprint density at radius 1 is 0.360 bits per heavy atom. The highest BCUT2D eigenvalue weighted by Crippen LogP contribution is 2.36. The Kier molecular flexibility index (Phi) is 4.13. The van der Waals surface area contributed by atoms with E-state index < -0.39 is 0 Å². The molecule has 0 aliphatic rings. The molecule has 0 unspecified atom stereocenters. The van der Waals surface area contributed by atoms with Gasteiger partial charge in [-0.25, -0.2) is 0 Å². The van der Waals surface area contributed by atoms with Gasteiger partial charge < -0.3 is 35.0 Å². The molecule has 0 spiro atoms. The van der Waals surface area contributed by atoms with Gasteiger partial charge in [-0.1, -0.05) is 0 Å². The summed E-state index contributed by atoms with van der Waals surface area (Å²) in [6, 6.07) is 11.5. The SMILES string of the molecule is Oc1cc(O)cc(Oc2cc(O)cc(Oc3cc(O)cc(O)c3)c2)c1. The minimum Gasteiger partial charge on any atom is -0.508 e. The minimum absolute atomic E-state index is 0.152. The van der Waals surface area contributed by atoms with Gasteiger partial charge in [0.25, 0.3) is 0 Å². The Morgan fingerprint density at radius 2 is 0.600 bits per heavy atom. The van der Waals surface area contributed by atoms with Gasteiger partial charge in [-0.2, -0.15) is 0 Å². The lowest BCUT2D eigenvalue weighted by Gasteiger charge is -2.11. The van der Waals surface area contributed by atoms with E-state index in [2.05, 4.69) is 0 Å². The highest BCUT2D eigenvalue weighted by Gasteiger charge is 2.08. The van der Waals surface area contributed by atoms with Gasteiger partial charge in [0.05, 0.1) is 0 Å². The molecule has 0 saturated carbocycles. The normalized spacial score (nSPS) is 10.4. The Labute approximate surface area is 142 Å². The maximum absolute atomic E-state index is 9.81. The molecule has 0 bridgehead atoms. The fourth-order valence-electron chi connectivity index (χ4n) is 2.20. The van der Waals surface area contributed by atoms with E-state index in [4.69, 9.17) is 9.47 Å². The van der Waals surface area contributed by atoms with E-state index in [-0.39, 0.29) is 51.7 Å². The van der Waals surface area contributed by atoms with Crippen molar-refractivity contribution >= 4 is 0 Å². The summed E-state index contributed by atoms with van der Waals surface area (Å²) in [7, 11) is 0. The van der Waals surface area contributed by atoms with Crippen molar-refractivity contribution in [2.45, 2.75) is 0 Å². The number of aromatic hydroxyl groups is 5. The zero-order valence-corrected chi connectivity index (χ0v) is 12.7. The van der Waals surface area contributed by atoms with Gasteiger partial charge in [-0.15, -0.1) is 0 Å². The second kappa shape index (κ2) is 6.40. The van der Waals surface area contributed by atoms with Crippen LogP contribution in [0.15, 0.2) is 54.6 Å². The number of phenols is 5. The quantitative estimate of drug-likeness (QED) is 0.489. The second-order valence-electron chi connectivity index (χ2n) is 5.24. The third-order valence-electron chi connectivity index (χ3n) is 3.09. The molecular formula is C18H14O7. The molecule has 7 heteroatoms. The average molecular weight is 342 g/mol. The first kappa shape index (κ1) is 16.1. The van der Waals surface area contributed by atoms with E-state index in [1.807, 2.05) is 0 Å².